The van der Waals surface area contributed by atoms with Crippen LogP contribution in [0.5, 0.6) is 0 Å². The first-order valence-electron chi connectivity index (χ1n) is 4.36. The Balaban J connectivity index is 2.63. The minimum absolute atomic E-state index is 0.00519. The van der Waals surface area contributed by atoms with Crippen LogP contribution < -0.4 is 5.73 Å². The van der Waals surface area contributed by atoms with Crippen LogP contribution in [0.1, 0.15) is 5.56 Å². The molecule has 0 spiro atoms. The van der Waals surface area contributed by atoms with Crippen molar-refractivity contribution in [1.29, 1.82) is 0 Å². The molecule has 0 bridgehead atoms. The quantitative estimate of drug-likeness (QED) is 0.797. The van der Waals surface area contributed by atoms with Gasteiger partial charge in [0.05, 0.1) is 6.20 Å². The molecular formula is C10H9F2N3. The molecule has 1 heterocycles. The van der Waals surface area contributed by atoms with E-state index in [-0.39, 0.29) is 5.56 Å². The molecule has 0 unspecified atom stereocenters. The SMILES string of the molecule is Nc1[nH]ncc1-c1cccc(F)c1CF. The Labute approximate surface area is 84.9 Å². The number of alkyl halides is 1. The zero-order valence-electron chi connectivity index (χ0n) is 7.80. The Morgan fingerprint density at radius 2 is 2.13 bits per heavy atom. The zero-order chi connectivity index (χ0) is 10.8. The lowest BCUT2D eigenvalue weighted by Gasteiger charge is -2.05. The van der Waals surface area contributed by atoms with E-state index in [0.717, 1.165) is 0 Å². The van der Waals surface area contributed by atoms with Crippen molar-refractivity contribution in [3.63, 3.8) is 0 Å². The first kappa shape index (κ1) is 9.64. The first-order chi connectivity index (χ1) is 7.24. The lowest BCUT2D eigenvalue weighted by Crippen LogP contribution is -1.94. The van der Waals surface area contributed by atoms with Gasteiger partial charge in [-0.15, -0.1) is 0 Å². The highest BCUT2D eigenvalue weighted by molar-refractivity contribution is 5.75. The number of aromatic amines is 1. The van der Waals surface area contributed by atoms with Gasteiger partial charge in [0, 0.05) is 11.1 Å². The molecule has 5 heteroatoms. The predicted molar refractivity (Wildman–Crippen MR) is 53.2 cm³/mol. The Morgan fingerprint density at radius 3 is 2.73 bits per heavy atom. The molecule has 0 saturated heterocycles. The average Bonchev–Trinajstić information content (AvgIpc) is 2.64. The van der Waals surface area contributed by atoms with Crippen LogP contribution in [0, 0.1) is 5.82 Å². The molecule has 2 aromatic rings. The topological polar surface area (TPSA) is 54.7 Å². The van der Waals surface area contributed by atoms with E-state index in [2.05, 4.69) is 10.2 Å². The maximum Gasteiger partial charge on any atom is 0.129 e. The van der Waals surface area contributed by atoms with Gasteiger partial charge in [0.25, 0.3) is 0 Å². The van der Waals surface area contributed by atoms with Crippen LogP contribution in [0.2, 0.25) is 0 Å². The van der Waals surface area contributed by atoms with Crippen molar-refractivity contribution in [2.24, 2.45) is 0 Å². The lowest BCUT2D eigenvalue weighted by atomic mass is 10.0. The third-order valence-corrected chi connectivity index (χ3v) is 2.21. The summed E-state index contributed by atoms with van der Waals surface area (Å²) in [5, 5.41) is 6.23. The molecule has 0 aliphatic heterocycles. The molecule has 0 fully saturated rings. The standard InChI is InChI=1S/C10H9F2N3/c11-4-7-6(2-1-3-9(7)12)8-5-14-15-10(8)13/h1-3,5H,4H2,(H3,13,14,15). The molecule has 15 heavy (non-hydrogen) atoms. The van der Waals surface area contributed by atoms with Crippen molar-refractivity contribution in [2.45, 2.75) is 6.67 Å². The molecule has 1 aromatic carbocycles. The highest BCUT2D eigenvalue weighted by atomic mass is 19.1. The fourth-order valence-corrected chi connectivity index (χ4v) is 1.46. The average molecular weight is 209 g/mol. The highest BCUT2D eigenvalue weighted by Crippen LogP contribution is 2.29. The number of hydrogen-bond acceptors (Lipinski definition) is 2. The molecule has 0 radical (unpaired) electrons. The Morgan fingerprint density at radius 1 is 1.33 bits per heavy atom. The van der Waals surface area contributed by atoms with E-state index >= 15 is 0 Å². The van der Waals surface area contributed by atoms with E-state index in [9.17, 15) is 8.78 Å². The van der Waals surface area contributed by atoms with Gasteiger partial charge < -0.3 is 5.73 Å². The molecular weight excluding hydrogens is 200 g/mol. The summed E-state index contributed by atoms with van der Waals surface area (Å²) in [6.45, 7) is -0.868. The van der Waals surface area contributed by atoms with Crippen LogP contribution >= 0.6 is 0 Å². The van der Waals surface area contributed by atoms with Gasteiger partial charge in [0.2, 0.25) is 0 Å². The van der Waals surface area contributed by atoms with Gasteiger partial charge in [-0.3, -0.25) is 5.10 Å². The minimum atomic E-state index is -0.868. The third kappa shape index (κ3) is 1.56. The van der Waals surface area contributed by atoms with E-state index in [1.54, 1.807) is 6.07 Å². The number of H-pyrrole nitrogens is 1. The Hall–Kier alpha value is -1.91. The van der Waals surface area contributed by atoms with E-state index < -0.39 is 12.5 Å². The van der Waals surface area contributed by atoms with Crippen molar-refractivity contribution in [3.8, 4) is 11.1 Å². The van der Waals surface area contributed by atoms with E-state index in [1.165, 1.54) is 18.3 Å². The van der Waals surface area contributed by atoms with Crippen molar-refractivity contribution in [2.75, 3.05) is 5.73 Å². The molecule has 1 aromatic heterocycles. The normalized spacial score (nSPS) is 10.5. The number of nitrogens with two attached hydrogens (primary N) is 1. The molecule has 2 rings (SSSR count). The number of hydrogen-bond donors (Lipinski definition) is 2. The van der Waals surface area contributed by atoms with E-state index in [4.69, 9.17) is 5.73 Å². The smallest absolute Gasteiger partial charge is 0.129 e. The van der Waals surface area contributed by atoms with Crippen LogP contribution in [0.3, 0.4) is 0 Å². The van der Waals surface area contributed by atoms with Crippen molar-refractivity contribution in [3.05, 3.63) is 35.8 Å². The maximum atomic E-state index is 13.3. The van der Waals surface area contributed by atoms with Gasteiger partial charge in [0.1, 0.15) is 18.3 Å². The van der Waals surface area contributed by atoms with Crippen LogP contribution in [0.15, 0.2) is 24.4 Å². The molecule has 3 N–H and O–H groups in total. The summed E-state index contributed by atoms with van der Waals surface area (Å²) in [5.74, 6) is -0.272. The summed E-state index contributed by atoms with van der Waals surface area (Å²) in [7, 11) is 0. The number of aromatic nitrogens is 2. The second-order valence-corrected chi connectivity index (χ2v) is 3.10. The minimum Gasteiger partial charge on any atom is -0.384 e. The maximum absolute atomic E-state index is 13.3. The summed E-state index contributed by atoms with van der Waals surface area (Å²) < 4.78 is 25.9. The van der Waals surface area contributed by atoms with Crippen molar-refractivity contribution in [1.82, 2.24) is 10.2 Å². The van der Waals surface area contributed by atoms with Crippen molar-refractivity contribution < 1.29 is 8.78 Å². The molecule has 3 nitrogen and oxygen atoms in total. The number of nitrogen functional groups attached to an aromatic ring is 1. The summed E-state index contributed by atoms with van der Waals surface area (Å²) in [5.41, 5.74) is 6.54. The fourth-order valence-electron chi connectivity index (χ4n) is 1.46. The van der Waals surface area contributed by atoms with Crippen LogP contribution in [0.4, 0.5) is 14.6 Å². The Bertz CT molecular complexity index is 479. The third-order valence-electron chi connectivity index (χ3n) is 2.21. The summed E-state index contributed by atoms with van der Waals surface area (Å²) in [6.07, 6.45) is 1.45. The lowest BCUT2D eigenvalue weighted by molar-refractivity contribution is 0.465. The molecule has 0 amide bonds. The van der Waals surface area contributed by atoms with E-state index in [0.29, 0.717) is 16.9 Å². The highest BCUT2D eigenvalue weighted by Gasteiger charge is 2.12. The monoisotopic (exact) mass is 209 g/mol. The first-order valence-corrected chi connectivity index (χ1v) is 4.36. The number of nitrogens with one attached hydrogen (secondary N) is 1. The number of rotatable bonds is 2. The van der Waals surface area contributed by atoms with Crippen molar-refractivity contribution >= 4 is 5.82 Å². The van der Waals surface area contributed by atoms with Gasteiger partial charge in [-0.2, -0.15) is 5.10 Å². The number of nitrogens with zero attached hydrogens (tertiary/aromatic N) is 1. The van der Waals surface area contributed by atoms with Gasteiger partial charge in [-0.25, -0.2) is 8.78 Å². The van der Waals surface area contributed by atoms with Crippen LogP contribution in [0.25, 0.3) is 11.1 Å². The molecule has 0 aliphatic carbocycles. The van der Waals surface area contributed by atoms with Gasteiger partial charge >= 0.3 is 0 Å². The largest absolute Gasteiger partial charge is 0.384 e. The number of anilines is 1. The molecule has 0 saturated carbocycles. The zero-order valence-corrected chi connectivity index (χ0v) is 7.80. The summed E-state index contributed by atoms with van der Waals surface area (Å²) in [6, 6.07) is 4.34. The number of halogens is 2. The predicted octanol–water partition coefficient (Wildman–Crippen LogP) is 2.27. The second kappa shape index (κ2) is 3.68. The fraction of sp³-hybridized carbons (Fsp3) is 0.100. The molecule has 78 valence electrons. The van der Waals surface area contributed by atoms with Gasteiger partial charge in [-0.1, -0.05) is 12.1 Å². The van der Waals surface area contributed by atoms with E-state index in [1.807, 2.05) is 0 Å². The van der Waals surface area contributed by atoms with Crippen LogP contribution in [-0.2, 0) is 6.67 Å². The molecule has 0 atom stereocenters. The number of benzene rings is 1. The molecule has 0 aliphatic rings. The second-order valence-electron chi connectivity index (χ2n) is 3.10. The van der Waals surface area contributed by atoms with Gasteiger partial charge in [-0.05, 0) is 11.6 Å². The van der Waals surface area contributed by atoms with Crippen LogP contribution in [-0.4, -0.2) is 10.2 Å². The Kier molecular flexibility index (Phi) is 2.37. The summed E-state index contributed by atoms with van der Waals surface area (Å²) >= 11 is 0. The summed E-state index contributed by atoms with van der Waals surface area (Å²) in [4.78, 5) is 0. The van der Waals surface area contributed by atoms with Gasteiger partial charge in [0.15, 0.2) is 0 Å².